The highest BCUT2D eigenvalue weighted by molar-refractivity contribution is 5.94. The molecule has 1 saturated heterocycles. The number of hydrogen-bond acceptors (Lipinski definition) is 4. The normalized spacial score (nSPS) is 23.6. The summed E-state index contributed by atoms with van der Waals surface area (Å²) < 4.78 is 5.44. The lowest BCUT2D eigenvalue weighted by atomic mass is 10.1. The smallest absolute Gasteiger partial charge is 0.337 e. The van der Waals surface area contributed by atoms with E-state index in [1.165, 1.54) is 0 Å². The quantitative estimate of drug-likeness (QED) is 0.693. The van der Waals surface area contributed by atoms with Crippen molar-refractivity contribution in [1.82, 2.24) is 0 Å². The summed E-state index contributed by atoms with van der Waals surface area (Å²) in [4.78, 5) is 10.9. The first-order valence-electron chi connectivity index (χ1n) is 5.59. The molecule has 0 amide bonds. The molecule has 0 radical (unpaired) electrons. The fraction of sp³-hybridized carbons (Fsp3) is 0.417. The van der Waals surface area contributed by atoms with Crippen LogP contribution >= 0.6 is 0 Å². The van der Waals surface area contributed by atoms with Crippen LogP contribution in [0.1, 0.15) is 23.7 Å². The lowest BCUT2D eigenvalue weighted by Crippen LogP contribution is -2.26. The number of nitrogens with two attached hydrogens (primary N) is 1. The number of ether oxygens (including phenoxy) is 1. The average Bonchev–Trinajstić information content (AvgIpc) is 2.67. The number of nitrogen functional groups attached to an aromatic ring is 1. The van der Waals surface area contributed by atoms with Crippen LogP contribution in [0.2, 0.25) is 0 Å². The Bertz CT molecular complexity index is 434. The van der Waals surface area contributed by atoms with Crippen LogP contribution in [0.5, 0.6) is 0 Å². The highest BCUT2D eigenvalue weighted by Crippen LogP contribution is 2.22. The van der Waals surface area contributed by atoms with E-state index in [-0.39, 0.29) is 23.4 Å². The Kier molecular flexibility index (Phi) is 3.19. The third-order valence-corrected chi connectivity index (χ3v) is 3.01. The second-order valence-electron chi connectivity index (χ2n) is 4.22. The summed E-state index contributed by atoms with van der Waals surface area (Å²) >= 11 is 0. The molecule has 1 aliphatic heterocycles. The number of hydrogen-bond donors (Lipinski definition) is 3. The first kappa shape index (κ1) is 11.7. The van der Waals surface area contributed by atoms with E-state index in [0.29, 0.717) is 0 Å². The van der Waals surface area contributed by atoms with E-state index >= 15 is 0 Å². The fourth-order valence-corrected chi connectivity index (χ4v) is 1.97. The Morgan fingerprint density at radius 1 is 1.59 bits per heavy atom. The third-order valence-electron chi connectivity index (χ3n) is 3.01. The van der Waals surface area contributed by atoms with Crippen LogP contribution in [0.15, 0.2) is 18.2 Å². The average molecular weight is 236 g/mol. The van der Waals surface area contributed by atoms with E-state index in [1.54, 1.807) is 18.2 Å². The van der Waals surface area contributed by atoms with Gasteiger partial charge in [0.05, 0.1) is 17.7 Å². The largest absolute Gasteiger partial charge is 0.478 e. The number of carboxylic acid groups (broad SMARTS) is 1. The monoisotopic (exact) mass is 236 g/mol. The maximum absolute atomic E-state index is 10.9. The van der Waals surface area contributed by atoms with E-state index in [1.807, 2.05) is 6.92 Å². The molecular formula is C12H16N2O3. The predicted octanol–water partition coefficient (Wildman–Crippen LogP) is 1.56. The van der Waals surface area contributed by atoms with Crippen molar-refractivity contribution in [3.63, 3.8) is 0 Å². The van der Waals surface area contributed by atoms with Crippen molar-refractivity contribution in [1.29, 1.82) is 0 Å². The molecule has 4 N–H and O–H groups in total. The van der Waals surface area contributed by atoms with Gasteiger partial charge in [0, 0.05) is 18.0 Å². The number of aromatic carboxylic acids is 1. The van der Waals surface area contributed by atoms with Gasteiger partial charge < -0.3 is 20.9 Å². The Balaban J connectivity index is 2.16. The van der Waals surface area contributed by atoms with Gasteiger partial charge >= 0.3 is 5.97 Å². The van der Waals surface area contributed by atoms with Crippen LogP contribution in [-0.2, 0) is 4.74 Å². The van der Waals surface area contributed by atoms with Gasteiger partial charge in [-0.1, -0.05) is 0 Å². The highest BCUT2D eigenvalue weighted by Gasteiger charge is 2.24. The SMILES string of the molecule is CC1OCCC1Nc1ccc(N)c(C(=O)O)c1. The number of carbonyl (C=O) groups is 1. The summed E-state index contributed by atoms with van der Waals surface area (Å²) in [5, 5.41) is 12.2. The molecular weight excluding hydrogens is 220 g/mol. The molecule has 0 spiro atoms. The van der Waals surface area contributed by atoms with Crippen LogP contribution in [0.4, 0.5) is 11.4 Å². The molecule has 2 rings (SSSR count). The van der Waals surface area contributed by atoms with Crippen LogP contribution in [0.25, 0.3) is 0 Å². The Morgan fingerprint density at radius 3 is 2.94 bits per heavy atom. The zero-order valence-corrected chi connectivity index (χ0v) is 9.64. The van der Waals surface area contributed by atoms with Crippen molar-refractivity contribution >= 4 is 17.3 Å². The van der Waals surface area contributed by atoms with Crippen LogP contribution in [-0.4, -0.2) is 29.8 Å². The highest BCUT2D eigenvalue weighted by atomic mass is 16.5. The van der Waals surface area contributed by atoms with Gasteiger partial charge in [-0.2, -0.15) is 0 Å². The van der Waals surface area contributed by atoms with Crippen molar-refractivity contribution in [2.45, 2.75) is 25.5 Å². The molecule has 1 aromatic rings. The summed E-state index contributed by atoms with van der Waals surface area (Å²) in [5.41, 5.74) is 6.76. The molecule has 2 unspecified atom stereocenters. The first-order chi connectivity index (χ1) is 8.08. The van der Waals surface area contributed by atoms with Gasteiger partial charge in [0.2, 0.25) is 0 Å². The third kappa shape index (κ3) is 2.50. The molecule has 1 aliphatic rings. The molecule has 0 saturated carbocycles. The minimum atomic E-state index is -1.01. The summed E-state index contributed by atoms with van der Waals surface area (Å²) in [5.74, 6) is -1.01. The van der Waals surface area contributed by atoms with E-state index in [9.17, 15) is 4.79 Å². The number of rotatable bonds is 3. The zero-order chi connectivity index (χ0) is 12.4. The molecule has 1 fully saturated rings. The standard InChI is InChI=1S/C12H16N2O3/c1-7-11(4-5-17-7)14-8-2-3-10(13)9(6-8)12(15)16/h2-3,6-7,11,14H,4-5,13H2,1H3,(H,15,16). The Hall–Kier alpha value is -1.75. The number of nitrogens with one attached hydrogen (secondary N) is 1. The molecule has 5 nitrogen and oxygen atoms in total. The topological polar surface area (TPSA) is 84.6 Å². The zero-order valence-electron chi connectivity index (χ0n) is 9.64. The van der Waals surface area contributed by atoms with Crippen LogP contribution in [0.3, 0.4) is 0 Å². The van der Waals surface area contributed by atoms with Crippen LogP contribution < -0.4 is 11.1 Å². The maximum Gasteiger partial charge on any atom is 0.337 e. The lowest BCUT2D eigenvalue weighted by molar-refractivity contribution is 0.0698. The molecule has 5 heteroatoms. The fourth-order valence-electron chi connectivity index (χ4n) is 1.97. The Morgan fingerprint density at radius 2 is 2.35 bits per heavy atom. The second-order valence-corrected chi connectivity index (χ2v) is 4.22. The molecule has 0 bridgehead atoms. The number of anilines is 2. The van der Waals surface area contributed by atoms with E-state index in [0.717, 1.165) is 18.7 Å². The van der Waals surface area contributed by atoms with Gasteiger partial charge in [-0.05, 0) is 31.5 Å². The lowest BCUT2D eigenvalue weighted by Gasteiger charge is -2.18. The molecule has 0 aromatic heterocycles. The van der Waals surface area contributed by atoms with Gasteiger partial charge in [0.25, 0.3) is 0 Å². The van der Waals surface area contributed by atoms with Crippen LogP contribution in [0, 0.1) is 0 Å². The van der Waals surface area contributed by atoms with E-state index in [4.69, 9.17) is 15.6 Å². The summed E-state index contributed by atoms with van der Waals surface area (Å²) in [7, 11) is 0. The van der Waals surface area contributed by atoms with E-state index < -0.39 is 5.97 Å². The van der Waals surface area contributed by atoms with Gasteiger partial charge in [0.1, 0.15) is 0 Å². The molecule has 1 heterocycles. The maximum atomic E-state index is 10.9. The second kappa shape index (κ2) is 4.63. The van der Waals surface area contributed by atoms with E-state index in [2.05, 4.69) is 5.32 Å². The molecule has 0 aliphatic carbocycles. The summed E-state index contributed by atoms with van der Waals surface area (Å²) in [6.07, 6.45) is 1.06. The minimum Gasteiger partial charge on any atom is -0.478 e. The van der Waals surface area contributed by atoms with Gasteiger partial charge in [0.15, 0.2) is 0 Å². The number of carboxylic acids is 1. The van der Waals surface area contributed by atoms with Crippen molar-refractivity contribution in [3.05, 3.63) is 23.8 Å². The van der Waals surface area contributed by atoms with Crippen molar-refractivity contribution in [3.8, 4) is 0 Å². The molecule has 2 atom stereocenters. The van der Waals surface area contributed by atoms with Crippen molar-refractivity contribution in [2.75, 3.05) is 17.7 Å². The summed E-state index contributed by atoms with van der Waals surface area (Å²) in [6, 6.07) is 5.17. The van der Waals surface area contributed by atoms with Gasteiger partial charge in [-0.3, -0.25) is 0 Å². The first-order valence-corrected chi connectivity index (χ1v) is 5.59. The Labute approximate surface area is 99.6 Å². The number of benzene rings is 1. The van der Waals surface area contributed by atoms with Crippen molar-refractivity contribution < 1.29 is 14.6 Å². The summed E-state index contributed by atoms with van der Waals surface area (Å²) in [6.45, 7) is 2.74. The molecule has 1 aromatic carbocycles. The molecule has 92 valence electrons. The van der Waals surface area contributed by atoms with Crippen molar-refractivity contribution in [2.24, 2.45) is 0 Å². The van der Waals surface area contributed by atoms with Gasteiger partial charge in [-0.15, -0.1) is 0 Å². The minimum absolute atomic E-state index is 0.126. The molecule has 17 heavy (non-hydrogen) atoms. The van der Waals surface area contributed by atoms with Gasteiger partial charge in [-0.25, -0.2) is 4.79 Å². The predicted molar refractivity (Wildman–Crippen MR) is 65.3 cm³/mol.